The van der Waals surface area contributed by atoms with Crippen molar-refractivity contribution >= 4 is 8.58 Å². The van der Waals surface area contributed by atoms with Crippen molar-refractivity contribution in [1.29, 1.82) is 0 Å². The standard InChI is InChI=1S/C5H13O3P/c6-1-2-9-5(3-7)4-8/h5-9H,1-4H2. The van der Waals surface area contributed by atoms with Crippen molar-refractivity contribution in [3.63, 3.8) is 0 Å². The van der Waals surface area contributed by atoms with Gasteiger partial charge in [-0.25, -0.2) is 0 Å². The van der Waals surface area contributed by atoms with Crippen LogP contribution >= 0.6 is 8.58 Å². The number of rotatable bonds is 5. The van der Waals surface area contributed by atoms with Gasteiger partial charge in [-0.15, -0.1) is 8.58 Å². The van der Waals surface area contributed by atoms with Crippen molar-refractivity contribution in [2.45, 2.75) is 5.66 Å². The summed E-state index contributed by atoms with van der Waals surface area (Å²) >= 11 is 0. The normalized spacial score (nSPS) is 12.0. The van der Waals surface area contributed by atoms with E-state index in [1.54, 1.807) is 0 Å². The second-order valence-electron chi connectivity index (χ2n) is 1.74. The van der Waals surface area contributed by atoms with Gasteiger partial charge in [0.1, 0.15) is 0 Å². The molecule has 0 fully saturated rings. The van der Waals surface area contributed by atoms with Crippen molar-refractivity contribution in [3.8, 4) is 0 Å². The zero-order valence-electron chi connectivity index (χ0n) is 5.25. The van der Waals surface area contributed by atoms with Gasteiger partial charge in [0.2, 0.25) is 0 Å². The van der Waals surface area contributed by atoms with E-state index in [9.17, 15) is 0 Å². The Morgan fingerprint density at radius 2 is 1.67 bits per heavy atom. The van der Waals surface area contributed by atoms with Crippen LogP contribution in [0.3, 0.4) is 0 Å². The maximum atomic E-state index is 8.52. The third-order valence-corrected chi connectivity index (χ3v) is 2.44. The van der Waals surface area contributed by atoms with Crippen LogP contribution < -0.4 is 0 Å². The van der Waals surface area contributed by atoms with Crippen LogP contribution in [0.15, 0.2) is 0 Å². The molecule has 1 atom stereocenters. The second-order valence-corrected chi connectivity index (χ2v) is 3.46. The summed E-state index contributed by atoms with van der Waals surface area (Å²) in [7, 11) is 0.473. The summed E-state index contributed by atoms with van der Waals surface area (Å²) in [5, 5.41) is 25.4. The highest BCUT2D eigenvalue weighted by molar-refractivity contribution is 7.39. The fourth-order valence-electron chi connectivity index (χ4n) is 0.456. The predicted octanol–water partition coefficient (Wildman–Crippen LogP) is -0.990. The lowest BCUT2D eigenvalue weighted by Gasteiger charge is -2.08. The Morgan fingerprint density at radius 3 is 2.00 bits per heavy atom. The van der Waals surface area contributed by atoms with Crippen LogP contribution in [0.5, 0.6) is 0 Å². The maximum absolute atomic E-state index is 8.52. The Morgan fingerprint density at radius 1 is 1.11 bits per heavy atom. The maximum Gasteiger partial charge on any atom is 0.0518 e. The SMILES string of the molecule is OCCPC(CO)CO. The molecule has 1 unspecified atom stereocenters. The summed E-state index contributed by atoms with van der Waals surface area (Å²) in [5.41, 5.74) is -0.0165. The number of hydrogen-bond acceptors (Lipinski definition) is 3. The third-order valence-electron chi connectivity index (χ3n) is 0.986. The van der Waals surface area contributed by atoms with Gasteiger partial charge in [0.15, 0.2) is 0 Å². The van der Waals surface area contributed by atoms with Crippen molar-refractivity contribution < 1.29 is 15.3 Å². The van der Waals surface area contributed by atoms with E-state index in [4.69, 9.17) is 15.3 Å². The van der Waals surface area contributed by atoms with Gasteiger partial charge in [0.25, 0.3) is 0 Å². The lowest BCUT2D eigenvalue weighted by Crippen LogP contribution is -2.12. The first-order valence-electron chi connectivity index (χ1n) is 2.91. The Labute approximate surface area is 56.5 Å². The van der Waals surface area contributed by atoms with E-state index in [0.29, 0.717) is 14.7 Å². The van der Waals surface area contributed by atoms with Crippen LogP contribution in [0.4, 0.5) is 0 Å². The van der Waals surface area contributed by atoms with Crippen molar-refractivity contribution in [2.75, 3.05) is 26.0 Å². The highest BCUT2D eigenvalue weighted by Crippen LogP contribution is 2.16. The van der Waals surface area contributed by atoms with E-state index in [2.05, 4.69) is 0 Å². The molecule has 3 nitrogen and oxygen atoms in total. The lowest BCUT2D eigenvalue weighted by molar-refractivity contribution is 0.226. The van der Waals surface area contributed by atoms with Crippen LogP contribution in [0.1, 0.15) is 0 Å². The molecule has 0 saturated heterocycles. The molecule has 0 bridgehead atoms. The molecule has 0 aliphatic rings. The molecule has 0 radical (unpaired) electrons. The highest BCUT2D eigenvalue weighted by atomic mass is 31.1. The topological polar surface area (TPSA) is 60.7 Å². The average molecular weight is 152 g/mol. The third kappa shape index (κ3) is 4.79. The van der Waals surface area contributed by atoms with Crippen LogP contribution in [-0.2, 0) is 0 Å². The predicted molar refractivity (Wildman–Crippen MR) is 38.2 cm³/mol. The molecule has 0 aromatic rings. The van der Waals surface area contributed by atoms with Crippen molar-refractivity contribution in [1.82, 2.24) is 0 Å². The molecular weight excluding hydrogens is 139 g/mol. The van der Waals surface area contributed by atoms with Gasteiger partial charge < -0.3 is 15.3 Å². The molecule has 0 saturated carbocycles. The lowest BCUT2D eigenvalue weighted by atomic mass is 10.5. The Balaban J connectivity index is 3.09. The monoisotopic (exact) mass is 152 g/mol. The van der Waals surface area contributed by atoms with Crippen LogP contribution in [0.2, 0.25) is 0 Å². The summed E-state index contributed by atoms with van der Waals surface area (Å²) in [6.07, 6.45) is 0.686. The van der Waals surface area contributed by atoms with Gasteiger partial charge in [-0.3, -0.25) is 0 Å². The summed E-state index contributed by atoms with van der Waals surface area (Å²) in [5.74, 6) is 0. The summed E-state index contributed by atoms with van der Waals surface area (Å²) in [4.78, 5) is 0. The van der Waals surface area contributed by atoms with E-state index in [1.165, 1.54) is 0 Å². The van der Waals surface area contributed by atoms with Gasteiger partial charge in [-0.2, -0.15) is 0 Å². The summed E-state index contributed by atoms with van der Waals surface area (Å²) in [6, 6.07) is 0. The number of hydrogen-bond donors (Lipinski definition) is 3. The van der Waals surface area contributed by atoms with Gasteiger partial charge in [0, 0.05) is 12.3 Å². The molecule has 3 N–H and O–H groups in total. The van der Waals surface area contributed by atoms with Crippen LogP contribution in [0, 0.1) is 0 Å². The van der Waals surface area contributed by atoms with E-state index >= 15 is 0 Å². The molecule has 9 heavy (non-hydrogen) atoms. The minimum atomic E-state index is -0.0165. The van der Waals surface area contributed by atoms with Gasteiger partial charge in [-0.1, -0.05) is 0 Å². The van der Waals surface area contributed by atoms with Gasteiger partial charge >= 0.3 is 0 Å². The summed E-state index contributed by atoms with van der Waals surface area (Å²) in [6.45, 7) is 0.193. The first-order valence-corrected chi connectivity index (χ1v) is 4.19. The molecule has 0 spiro atoms. The minimum Gasteiger partial charge on any atom is -0.396 e. The molecule has 4 heteroatoms. The first kappa shape index (κ1) is 9.31. The highest BCUT2D eigenvalue weighted by Gasteiger charge is 2.02. The van der Waals surface area contributed by atoms with E-state index in [0.717, 1.165) is 0 Å². The van der Waals surface area contributed by atoms with Crippen molar-refractivity contribution in [3.05, 3.63) is 0 Å². The molecule has 0 aromatic heterocycles. The Bertz CT molecular complexity index is 56.2. The molecule has 0 aliphatic carbocycles. The second kappa shape index (κ2) is 6.43. The Kier molecular flexibility index (Phi) is 6.65. The quantitative estimate of drug-likeness (QED) is 0.443. The van der Waals surface area contributed by atoms with Crippen molar-refractivity contribution in [2.24, 2.45) is 0 Å². The van der Waals surface area contributed by atoms with E-state index < -0.39 is 0 Å². The minimum absolute atomic E-state index is 0.0165. The van der Waals surface area contributed by atoms with Crippen LogP contribution in [0.25, 0.3) is 0 Å². The fourth-order valence-corrected chi connectivity index (χ4v) is 1.25. The van der Waals surface area contributed by atoms with E-state index in [1.807, 2.05) is 0 Å². The zero-order chi connectivity index (χ0) is 7.11. The molecule has 56 valence electrons. The molecule has 0 aromatic carbocycles. The zero-order valence-corrected chi connectivity index (χ0v) is 6.25. The molecule has 0 heterocycles. The molecule has 0 rings (SSSR count). The molecule has 0 aliphatic heterocycles. The molecule has 0 amide bonds. The largest absolute Gasteiger partial charge is 0.396 e. The number of aliphatic hydroxyl groups is 3. The summed E-state index contributed by atoms with van der Waals surface area (Å²) < 4.78 is 0. The smallest absolute Gasteiger partial charge is 0.0518 e. The number of aliphatic hydroxyl groups excluding tert-OH is 3. The van der Waals surface area contributed by atoms with Gasteiger partial charge in [-0.05, 0) is 6.16 Å². The molecular formula is C5H13O3P. The van der Waals surface area contributed by atoms with E-state index in [-0.39, 0.29) is 25.5 Å². The Hall–Kier alpha value is 0.310. The van der Waals surface area contributed by atoms with Gasteiger partial charge in [0.05, 0.1) is 13.2 Å². The average Bonchev–Trinajstić information content (AvgIpc) is 1.91. The first-order chi connectivity index (χ1) is 4.35. The fraction of sp³-hybridized carbons (Fsp3) is 1.00. The van der Waals surface area contributed by atoms with Crippen LogP contribution in [-0.4, -0.2) is 47.0 Å².